The molecule has 0 aliphatic carbocycles. The second-order valence-corrected chi connectivity index (χ2v) is 7.33. The highest BCUT2D eigenvalue weighted by Crippen LogP contribution is 2.30. The fraction of sp³-hybridized carbons (Fsp3) is 0.261. The molecule has 1 amide bonds. The second-order valence-electron chi connectivity index (χ2n) is 7.33. The summed E-state index contributed by atoms with van der Waals surface area (Å²) in [7, 11) is 0. The number of rotatable bonds is 3. The van der Waals surface area contributed by atoms with Gasteiger partial charge in [0.2, 0.25) is 0 Å². The van der Waals surface area contributed by atoms with Crippen LogP contribution in [0.3, 0.4) is 0 Å². The van der Waals surface area contributed by atoms with Gasteiger partial charge in [-0.05, 0) is 62.2 Å². The van der Waals surface area contributed by atoms with E-state index < -0.39 is 0 Å². The van der Waals surface area contributed by atoms with Crippen LogP contribution in [0.25, 0.3) is 11.3 Å². The van der Waals surface area contributed by atoms with Crippen molar-refractivity contribution in [2.24, 2.45) is 0 Å². The van der Waals surface area contributed by atoms with Crippen molar-refractivity contribution in [2.75, 3.05) is 13.1 Å². The van der Waals surface area contributed by atoms with Crippen molar-refractivity contribution in [3.05, 3.63) is 83.3 Å². The largest absolute Gasteiger partial charge is 0.338 e. The molecule has 27 heavy (non-hydrogen) atoms. The molecule has 3 heterocycles. The van der Waals surface area contributed by atoms with Gasteiger partial charge < -0.3 is 4.90 Å². The van der Waals surface area contributed by atoms with E-state index in [9.17, 15) is 4.79 Å². The summed E-state index contributed by atoms with van der Waals surface area (Å²) in [6.45, 7) is 5.62. The van der Waals surface area contributed by atoms with E-state index in [4.69, 9.17) is 0 Å². The monoisotopic (exact) mass is 357 g/mol. The zero-order valence-corrected chi connectivity index (χ0v) is 15.7. The maximum atomic E-state index is 12.9. The molecule has 0 saturated carbocycles. The molecule has 4 rings (SSSR count). The SMILES string of the molecule is Cc1cc(C)cc(C(=O)N2CCC(c3ccnc(-c4cccnc4)c3)C2)c1. The van der Waals surface area contributed by atoms with Crippen molar-refractivity contribution in [3.8, 4) is 11.3 Å². The molecule has 1 aliphatic rings. The van der Waals surface area contributed by atoms with Crippen molar-refractivity contribution in [2.45, 2.75) is 26.2 Å². The minimum absolute atomic E-state index is 0.130. The number of hydrogen-bond acceptors (Lipinski definition) is 3. The quantitative estimate of drug-likeness (QED) is 0.698. The number of hydrogen-bond donors (Lipinski definition) is 0. The number of nitrogens with zero attached hydrogens (tertiary/aromatic N) is 3. The molecule has 1 aliphatic heterocycles. The molecule has 0 bridgehead atoms. The van der Waals surface area contributed by atoms with Gasteiger partial charge in [-0.15, -0.1) is 0 Å². The van der Waals surface area contributed by atoms with Crippen molar-refractivity contribution in [1.29, 1.82) is 0 Å². The summed E-state index contributed by atoms with van der Waals surface area (Å²) in [5.41, 5.74) is 6.23. The van der Waals surface area contributed by atoms with Crippen molar-refractivity contribution in [3.63, 3.8) is 0 Å². The number of carbonyl (C=O) groups is 1. The molecule has 1 aromatic carbocycles. The maximum Gasteiger partial charge on any atom is 0.253 e. The van der Waals surface area contributed by atoms with E-state index >= 15 is 0 Å². The summed E-state index contributed by atoms with van der Waals surface area (Å²) >= 11 is 0. The molecule has 1 saturated heterocycles. The highest BCUT2D eigenvalue weighted by atomic mass is 16.2. The summed E-state index contributed by atoms with van der Waals surface area (Å²) in [5.74, 6) is 0.476. The molecule has 4 heteroatoms. The van der Waals surface area contributed by atoms with Gasteiger partial charge in [0.05, 0.1) is 5.69 Å². The lowest BCUT2D eigenvalue weighted by molar-refractivity contribution is 0.0790. The van der Waals surface area contributed by atoms with Gasteiger partial charge in [0.1, 0.15) is 0 Å². The first-order chi connectivity index (χ1) is 13.1. The number of amides is 1. The topological polar surface area (TPSA) is 46.1 Å². The molecule has 2 aromatic heterocycles. The first kappa shape index (κ1) is 17.4. The minimum Gasteiger partial charge on any atom is -0.338 e. The highest BCUT2D eigenvalue weighted by Gasteiger charge is 2.28. The van der Waals surface area contributed by atoms with Crippen LogP contribution < -0.4 is 0 Å². The van der Waals surface area contributed by atoms with Crippen LogP contribution in [-0.2, 0) is 0 Å². The van der Waals surface area contributed by atoms with E-state index in [2.05, 4.69) is 28.2 Å². The number of pyridine rings is 2. The van der Waals surface area contributed by atoms with E-state index in [1.165, 1.54) is 5.56 Å². The zero-order chi connectivity index (χ0) is 18.8. The third-order valence-electron chi connectivity index (χ3n) is 5.16. The number of benzene rings is 1. The second kappa shape index (κ2) is 7.31. The van der Waals surface area contributed by atoms with Gasteiger partial charge in [-0.25, -0.2) is 0 Å². The van der Waals surface area contributed by atoms with E-state index in [-0.39, 0.29) is 5.91 Å². The van der Waals surface area contributed by atoms with Crippen LogP contribution >= 0.6 is 0 Å². The smallest absolute Gasteiger partial charge is 0.253 e. The van der Waals surface area contributed by atoms with Crippen molar-refractivity contribution in [1.82, 2.24) is 14.9 Å². The van der Waals surface area contributed by atoms with Gasteiger partial charge in [0.15, 0.2) is 0 Å². The fourth-order valence-corrected chi connectivity index (χ4v) is 3.87. The average Bonchev–Trinajstić information content (AvgIpc) is 3.18. The fourth-order valence-electron chi connectivity index (χ4n) is 3.87. The van der Waals surface area contributed by atoms with Gasteiger partial charge >= 0.3 is 0 Å². The number of carbonyl (C=O) groups excluding carboxylic acids is 1. The standard InChI is InChI=1S/C23H23N3O/c1-16-10-17(2)12-21(11-16)23(27)26-9-6-20(15-26)18-5-8-25-22(13-18)19-4-3-7-24-14-19/h3-5,7-8,10-14,20H,6,9,15H2,1-2H3. The van der Waals surface area contributed by atoms with Crippen LogP contribution in [0.2, 0.25) is 0 Å². The van der Waals surface area contributed by atoms with Gasteiger partial charge in [0, 0.05) is 48.7 Å². The van der Waals surface area contributed by atoms with Crippen LogP contribution in [0.15, 0.2) is 61.1 Å². The molecule has 1 unspecified atom stereocenters. The van der Waals surface area contributed by atoms with Gasteiger partial charge in [-0.2, -0.15) is 0 Å². The molecule has 3 aromatic rings. The first-order valence-electron chi connectivity index (χ1n) is 9.34. The lowest BCUT2D eigenvalue weighted by Gasteiger charge is -2.18. The van der Waals surface area contributed by atoms with E-state index in [0.29, 0.717) is 5.92 Å². The number of likely N-dealkylation sites (tertiary alicyclic amines) is 1. The Balaban J connectivity index is 1.52. The van der Waals surface area contributed by atoms with Crippen LogP contribution in [0, 0.1) is 13.8 Å². The molecule has 0 N–H and O–H groups in total. The number of aryl methyl sites for hydroxylation is 2. The molecule has 4 nitrogen and oxygen atoms in total. The van der Waals surface area contributed by atoms with Crippen LogP contribution in [0.4, 0.5) is 0 Å². The summed E-state index contributed by atoms with van der Waals surface area (Å²) in [6, 6.07) is 14.2. The Morgan fingerprint density at radius 3 is 2.63 bits per heavy atom. The molecular formula is C23H23N3O. The summed E-state index contributed by atoms with van der Waals surface area (Å²) in [4.78, 5) is 23.6. The van der Waals surface area contributed by atoms with E-state index in [0.717, 1.165) is 47.5 Å². The lowest BCUT2D eigenvalue weighted by Crippen LogP contribution is -2.28. The Bertz CT molecular complexity index is 948. The van der Waals surface area contributed by atoms with Crippen LogP contribution in [0.1, 0.15) is 39.4 Å². The Morgan fingerprint density at radius 2 is 1.89 bits per heavy atom. The third kappa shape index (κ3) is 3.75. The maximum absolute atomic E-state index is 12.9. The molecule has 136 valence electrons. The normalized spacial score (nSPS) is 16.5. The third-order valence-corrected chi connectivity index (χ3v) is 5.16. The van der Waals surface area contributed by atoms with Crippen LogP contribution in [-0.4, -0.2) is 33.9 Å². The summed E-state index contributed by atoms with van der Waals surface area (Å²) in [6.07, 6.45) is 6.43. The summed E-state index contributed by atoms with van der Waals surface area (Å²) < 4.78 is 0. The molecule has 1 fully saturated rings. The number of aromatic nitrogens is 2. The summed E-state index contributed by atoms with van der Waals surface area (Å²) in [5, 5.41) is 0. The van der Waals surface area contributed by atoms with Gasteiger partial charge in [-0.3, -0.25) is 14.8 Å². The predicted octanol–water partition coefficient (Wildman–Crippen LogP) is 4.39. The highest BCUT2D eigenvalue weighted by molar-refractivity contribution is 5.94. The lowest BCUT2D eigenvalue weighted by atomic mass is 9.98. The Hall–Kier alpha value is -3.01. The first-order valence-corrected chi connectivity index (χ1v) is 9.34. The zero-order valence-electron chi connectivity index (χ0n) is 15.7. The predicted molar refractivity (Wildman–Crippen MR) is 107 cm³/mol. The van der Waals surface area contributed by atoms with Gasteiger partial charge in [0.25, 0.3) is 5.91 Å². The van der Waals surface area contributed by atoms with Crippen molar-refractivity contribution >= 4 is 5.91 Å². The van der Waals surface area contributed by atoms with E-state index in [1.807, 2.05) is 55.4 Å². The van der Waals surface area contributed by atoms with Crippen molar-refractivity contribution < 1.29 is 4.79 Å². The van der Waals surface area contributed by atoms with Crippen LogP contribution in [0.5, 0.6) is 0 Å². The Morgan fingerprint density at radius 1 is 1.07 bits per heavy atom. The molecule has 1 atom stereocenters. The van der Waals surface area contributed by atoms with Gasteiger partial charge in [-0.1, -0.05) is 17.2 Å². The average molecular weight is 357 g/mol. The minimum atomic E-state index is 0.130. The Kier molecular flexibility index (Phi) is 4.71. The molecular weight excluding hydrogens is 334 g/mol. The van der Waals surface area contributed by atoms with E-state index in [1.54, 1.807) is 6.20 Å². The molecule has 0 radical (unpaired) electrons. The Labute approximate surface area is 159 Å². The molecule has 0 spiro atoms.